The monoisotopic (exact) mass is 262 g/mol. The molecule has 0 radical (unpaired) electrons. The van der Waals surface area contributed by atoms with Crippen LogP contribution >= 0.6 is 0 Å². The molecule has 0 aromatic heterocycles. The van der Waals surface area contributed by atoms with Crippen molar-refractivity contribution >= 4 is 16.6 Å². The van der Waals surface area contributed by atoms with Crippen LogP contribution in [0.1, 0.15) is 17.3 Å². The Bertz CT molecular complexity index is 770. The molecular weight excluding hydrogens is 248 g/mol. The van der Waals surface area contributed by atoms with Crippen molar-refractivity contribution < 1.29 is 9.53 Å². The lowest BCUT2D eigenvalue weighted by molar-refractivity contribution is 0.101. The van der Waals surface area contributed by atoms with Crippen LogP contribution in [0.3, 0.4) is 0 Å². The summed E-state index contributed by atoms with van der Waals surface area (Å²) in [5.41, 5.74) is 0.655. The molecule has 3 aromatic rings. The molecule has 3 aromatic carbocycles. The fourth-order valence-corrected chi connectivity index (χ4v) is 2.19. The smallest absolute Gasteiger partial charge is 0.159 e. The predicted molar refractivity (Wildman–Crippen MR) is 80.5 cm³/mol. The lowest BCUT2D eigenvalue weighted by Gasteiger charge is -2.09. The maximum atomic E-state index is 11.4. The molecule has 0 aliphatic carbocycles. The molecule has 0 aliphatic heterocycles. The first-order chi connectivity index (χ1) is 9.74. The topological polar surface area (TPSA) is 26.3 Å². The molecular formula is C18H14O2. The van der Waals surface area contributed by atoms with Gasteiger partial charge in [0.2, 0.25) is 0 Å². The summed E-state index contributed by atoms with van der Waals surface area (Å²) in [5.74, 6) is 1.51. The highest BCUT2D eigenvalue weighted by Crippen LogP contribution is 2.30. The van der Waals surface area contributed by atoms with Crippen LogP contribution in [0.4, 0.5) is 0 Å². The molecule has 0 saturated carbocycles. The first-order valence-electron chi connectivity index (χ1n) is 6.51. The van der Waals surface area contributed by atoms with Gasteiger partial charge in [0.25, 0.3) is 0 Å². The van der Waals surface area contributed by atoms with Gasteiger partial charge in [-0.05, 0) is 30.5 Å². The van der Waals surface area contributed by atoms with E-state index in [1.54, 1.807) is 19.1 Å². The zero-order valence-electron chi connectivity index (χ0n) is 11.2. The third kappa shape index (κ3) is 2.41. The van der Waals surface area contributed by atoms with Crippen molar-refractivity contribution in [2.24, 2.45) is 0 Å². The van der Waals surface area contributed by atoms with Gasteiger partial charge in [0, 0.05) is 10.9 Å². The number of carbonyl (C=O) groups excluding carboxylic acids is 1. The Balaban J connectivity index is 2.01. The van der Waals surface area contributed by atoms with Crippen molar-refractivity contribution in [1.29, 1.82) is 0 Å². The normalized spacial score (nSPS) is 10.4. The molecule has 0 N–H and O–H groups in total. The number of carbonyl (C=O) groups is 1. The van der Waals surface area contributed by atoms with E-state index < -0.39 is 0 Å². The molecule has 2 heteroatoms. The quantitative estimate of drug-likeness (QED) is 0.632. The van der Waals surface area contributed by atoms with E-state index in [4.69, 9.17) is 4.74 Å². The number of hydrogen-bond acceptors (Lipinski definition) is 2. The van der Waals surface area contributed by atoms with Gasteiger partial charge in [-0.15, -0.1) is 0 Å². The molecule has 2 nitrogen and oxygen atoms in total. The standard InChI is InChI=1S/C18H14O2/c1-13(19)15-8-4-9-16(12-15)20-18-11-5-7-14-6-2-3-10-17(14)18/h2-12H,1H3. The van der Waals surface area contributed by atoms with Crippen molar-refractivity contribution in [3.05, 3.63) is 72.3 Å². The Morgan fingerprint density at radius 2 is 1.65 bits per heavy atom. The summed E-state index contributed by atoms with van der Waals surface area (Å²) in [7, 11) is 0. The van der Waals surface area contributed by atoms with Gasteiger partial charge in [-0.3, -0.25) is 4.79 Å². The van der Waals surface area contributed by atoms with Crippen molar-refractivity contribution in [2.45, 2.75) is 6.92 Å². The Hall–Kier alpha value is -2.61. The van der Waals surface area contributed by atoms with Gasteiger partial charge < -0.3 is 4.74 Å². The van der Waals surface area contributed by atoms with Crippen LogP contribution in [0.5, 0.6) is 11.5 Å². The van der Waals surface area contributed by atoms with Crippen molar-refractivity contribution in [1.82, 2.24) is 0 Å². The fourth-order valence-electron chi connectivity index (χ4n) is 2.19. The Kier molecular flexibility index (Phi) is 3.21. The molecule has 0 aliphatic rings. The van der Waals surface area contributed by atoms with Crippen LogP contribution in [0.25, 0.3) is 10.8 Å². The van der Waals surface area contributed by atoms with Gasteiger partial charge in [-0.25, -0.2) is 0 Å². The highest BCUT2D eigenvalue weighted by Gasteiger charge is 2.05. The SMILES string of the molecule is CC(=O)c1cccc(Oc2cccc3ccccc23)c1. The minimum atomic E-state index is 0.0355. The average Bonchev–Trinajstić information content (AvgIpc) is 2.48. The zero-order chi connectivity index (χ0) is 13.9. The number of fused-ring (bicyclic) bond motifs is 1. The molecule has 0 bridgehead atoms. The molecule has 0 atom stereocenters. The second-order valence-corrected chi connectivity index (χ2v) is 4.66. The molecule has 0 unspecified atom stereocenters. The minimum Gasteiger partial charge on any atom is -0.457 e. The second-order valence-electron chi connectivity index (χ2n) is 4.66. The van der Waals surface area contributed by atoms with Gasteiger partial charge in [0.15, 0.2) is 5.78 Å². The summed E-state index contributed by atoms with van der Waals surface area (Å²) in [5, 5.41) is 2.19. The van der Waals surface area contributed by atoms with Crippen LogP contribution in [-0.2, 0) is 0 Å². The zero-order valence-corrected chi connectivity index (χ0v) is 11.2. The van der Waals surface area contributed by atoms with Gasteiger partial charge >= 0.3 is 0 Å². The Morgan fingerprint density at radius 3 is 2.50 bits per heavy atom. The lowest BCUT2D eigenvalue weighted by Crippen LogP contribution is -1.92. The maximum absolute atomic E-state index is 11.4. The number of ketones is 1. The van der Waals surface area contributed by atoms with E-state index in [2.05, 4.69) is 0 Å². The van der Waals surface area contributed by atoms with Gasteiger partial charge in [-0.2, -0.15) is 0 Å². The van der Waals surface area contributed by atoms with Crippen molar-refractivity contribution in [3.63, 3.8) is 0 Å². The van der Waals surface area contributed by atoms with Crippen LogP contribution in [0.2, 0.25) is 0 Å². The Morgan fingerprint density at radius 1 is 0.900 bits per heavy atom. The fraction of sp³-hybridized carbons (Fsp3) is 0.0556. The molecule has 0 saturated heterocycles. The third-order valence-corrected chi connectivity index (χ3v) is 3.22. The van der Waals surface area contributed by atoms with Gasteiger partial charge in [0.1, 0.15) is 11.5 Å². The minimum absolute atomic E-state index is 0.0355. The van der Waals surface area contributed by atoms with E-state index in [0.29, 0.717) is 11.3 Å². The van der Waals surface area contributed by atoms with E-state index >= 15 is 0 Å². The molecule has 98 valence electrons. The van der Waals surface area contributed by atoms with E-state index in [1.807, 2.05) is 54.6 Å². The summed E-state index contributed by atoms with van der Waals surface area (Å²) in [6, 6.07) is 21.3. The van der Waals surface area contributed by atoms with E-state index in [1.165, 1.54) is 0 Å². The molecule has 0 heterocycles. The van der Waals surface area contributed by atoms with Crippen LogP contribution in [0, 0.1) is 0 Å². The van der Waals surface area contributed by atoms with Crippen LogP contribution in [-0.4, -0.2) is 5.78 Å². The third-order valence-electron chi connectivity index (χ3n) is 3.22. The number of rotatable bonds is 3. The highest BCUT2D eigenvalue weighted by atomic mass is 16.5. The maximum Gasteiger partial charge on any atom is 0.159 e. The van der Waals surface area contributed by atoms with Crippen LogP contribution < -0.4 is 4.74 Å². The first-order valence-corrected chi connectivity index (χ1v) is 6.51. The summed E-state index contributed by atoms with van der Waals surface area (Å²) in [4.78, 5) is 11.4. The van der Waals surface area contributed by atoms with E-state index in [-0.39, 0.29) is 5.78 Å². The van der Waals surface area contributed by atoms with Crippen molar-refractivity contribution in [2.75, 3.05) is 0 Å². The molecule has 0 amide bonds. The molecule has 0 fully saturated rings. The number of Topliss-reactive ketones (excluding diaryl/α,β-unsaturated/α-hetero) is 1. The number of benzene rings is 3. The van der Waals surface area contributed by atoms with Crippen LogP contribution in [0.15, 0.2) is 66.7 Å². The second kappa shape index (κ2) is 5.17. The first kappa shape index (κ1) is 12.4. The molecule has 0 spiro atoms. The largest absolute Gasteiger partial charge is 0.457 e. The highest BCUT2D eigenvalue weighted by molar-refractivity contribution is 5.94. The summed E-state index contributed by atoms with van der Waals surface area (Å²) < 4.78 is 5.93. The van der Waals surface area contributed by atoms with E-state index in [0.717, 1.165) is 16.5 Å². The van der Waals surface area contributed by atoms with Crippen molar-refractivity contribution in [3.8, 4) is 11.5 Å². The lowest BCUT2D eigenvalue weighted by atomic mass is 10.1. The van der Waals surface area contributed by atoms with E-state index in [9.17, 15) is 4.79 Å². The summed E-state index contributed by atoms with van der Waals surface area (Å²) in [6.45, 7) is 1.55. The van der Waals surface area contributed by atoms with Gasteiger partial charge in [-0.1, -0.05) is 48.5 Å². The molecule has 3 rings (SSSR count). The predicted octanol–water partition coefficient (Wildman–Crippen LogP) is 4.83. The summed E-state index contributed by atoms with van der Waals surface area (Å²) >= 11 is 0. The number of hydrogen-bond donors (Lipinski definition) is 0. The number of ether oxygens (including phenoxy) is 1. The summed E-state index contributed by atoms with van der Waals surface area (Å²) in [6.07, 6.45) is 0. The Labute approximate surface area is 117 Å². The average molecular weight is 262 g/mol. The van der Waals surface area contributed by atoms with Gasteiger partial charge in [0.05, 0.1) is 0 Å². The molecule has 20 heavy (non-hydrogen) atoms.